The molecule has 62 valence electrons. The molecule has 0 aliphatic heterocycles. The summed E-state index contributed by atoms with van der Waals surface area (Å²) in [6.07, 6.45) is 2.03. The first-order valence-electron chi connectivity index (χ1n) is 3.91. The first-order chi connectivity index (χ1) is 5.06. The standard InChI is InChI=1S/C9H15NO/c1-8(2)9(3,7-10)5-4-6-11/h6,8H,4-5H2,1-3H3. The number of carbonyl (C=O) groups excluding carboxylic acids is 1. The van der Waals surface area contributed by atoms with Gasteiger partial charge in [-0.1, -0.05) is 13.8 Å². The van der Waals surface area contributed by atoms with E-state index in [1.54, 1.807) is 0 Å². The largest absolute Gasteiger partial charge is 0.303 e. The Morgan fingerprint density at radius 1 is 1.64 bits per heavy atom. The van der Waals surface area contributed by atoms with Gasteiger partial charge < -0.3 is 4.79 Å². The van der Waals surface area contributed by atoms with E-state index in [2.05, 4.69) is 6.07 Å². The van der Waals surface area contributed by atoms with E-state index in [0.29, 0.717) is 18.8 Å². The molecule has 0 amide bonds. The number of rotatable bonds is 4. The van der Waals surface area contributed by atoms with Crippen LogP contribution in [0.1, 0.15) is 33.6 Å². The summed E-state index contributed by atoms with van der Waals surface area (Å²) < 4.78 is 0. The fourth-order valence-corrected chi connectivity index (χ4v) is 0.832. The minimum Gasteiger partial charge on any atom is -0.303 e. The zero-order valence-corrected chi connectivity index (χ0v) is 7.42. The zero-order chi connectivity index (χ0) is 8.91. The summed E-state index contributed by atoms with van der Waals surface area (Å²) in [5.41, 5.74) is -0.332. The molecular formula is C9H15NO. The van der Waals surface area contributed by atoms with Crippen LogP contribution in [0.3, 0.4) is 0 Å². The molecule has 1 unspecified atom stereocenters. The van der Waals surface area contributed by atoms with Gasteiger partial charge in [-0.2, -0.15) is 5.26 Å². The predicted molar refractivity (Wildman–Crippen MR) is 43.9 cm³/mol. The second-order valence-electron chi connectivity index (χ2n) is 3.39. The number of nitrogens with zero attached hydrogens (tertiary/aromatic N) is 1. The minimum atomic E-state index is -0.332. The SMILES string of the molecule is CC(C)C(C)(C#N)CCC=O. The van der Waals surface area contributed by atoms with Crippen LogP contribution in [0, 0.1) is 22.7 Å². The van der Waals surface area contributed by atoms with Crippen LogP contribution in [0.2, 0.25) is 0 Å². The van der Waals surface area contributed by atoms with E-state index in [0.717, 1.165) is 6.29 Å². The molecule has 0 radical (unpaired) electrons. The summed E-state index contributed by atoms with van der Waals surface area (Å²) in [6, 6.07) is 2.25. The Hall–Kier alpha value is -0.840. The van der Waals surface area contributed by atoms with Crippen molar-refractivity contribution in [1.29, 1.82) is 5.26 Å². The summed E-state index contributed by atoms with van der Waals surface area (Å²) >= 11 is 0. The third-order valence-electron chi connectivity index (χ3n) is 2.31. The minimum absolute atomic E-state index is 0.312. The van der Waals surface area contributed by atoms with Crippen molar-refractivity contribution in [3.8, 4) is 6.07 Å². The van der Waals surface area contributed by atoms with Crippen LogP contribution in [0.4, 0.5) is 0 Å². The molecule has 0 N–H and O–H groups in total. The highest BCUT2D eigenvalue weighted by molar-refractivity contribution is 5.49. The van der Waals surface area contributed by atoms with Crippen molar-refractivity contribution in [3.63, 3.8) is 0 Å². The van der Waals surface area contributed by atoms with Crippen LogP contribution in [0.25, 0.3) is 0 Å². The van der Waals surface area contributed by atoms with E-state index < -0.39 is 0 Å². The van der Waals surface area contributed by atoms with E-state index in [-0.39, 0.29) is 5.41 Å². The van der Waals surface area contributed by atoms with Crippen molar-refractivity contribution in [3.05, 3.63) is 0 Å². The molecule has 1 atom stereocenters. The smallest absolute Gasteiger partial charge is 0.120 e. The molecule has 0 rings (SSSR count). The molecule has 0 heterocycles. The molecule has 2 nitrogen and oxygen atoms in total. The van der Waals surface area contributed by atoms with Gasteiger partial charge in [0.15, 0.2) is 0 Å². The molecule has 0 spiro atoms. The van der Waals surface area contributed by atoms with Gasteiger partial charge in [-0.25, -0.2) is 0 Å². The molecule has 0 saturated carbocycles. The summed E-state index contributed by atoms with van der Waals surface area (Å²) in [6.45, 7) is 5.92. The lowest BCUT2D eigenvalue weighted by atomic mass is 9.77. The highest BCUT2D eigenvalue weighted by Crippen LogP contribution is 2.30. The highest BCUT2D eigenvalue weighted by atomic mass is 16.1. The predicted octanol–water partition coefficient (Wildman–Crippen LogP) is 2.15. The maximum Gasteiger partial charge on any atom is 0.120 e. The van der Waals surface area contributed by atoms with Crippen LogP contribution < -0.4 is 0 Å². The van der Waals surface area contributed by atoms with Gasteiger partial charge in [0.05, 0.1) is 11.5 Å². The number of carbonyl (C=O) groups is 1. The van der Waals surface area contributed by atoms with Gasteiger partial charge in [0.25, 0.3) is 0 Å². The fourth-order valence-electron chi connectivity index (χ4n) is 0.832. The summed E-state index contributed by atoms with van der Waals surface area (Å²) in [7, 11) is 0. The summed E-state index contributed by atoms with van der Waals surface area (Å²) in [5.74, 6) is 0.312. The van der Waals surface area contributed by atoms with E-state index in [1.165, 1.54) is 0 Å². The van der Waals surface area contributed by atoms with Crippen molar-refractivity contribution in [1.82, 2.24) is 0 Å². The molecule has 2 heteroatoms. The van der Waals surface area contributed by atoms with E-state index >= 15 is 0 Å². The molecule has 11 heavy (non-hydrogen) atoms. The number of hydrogen-bond acceptors (Lipinski definition) is 2. The van der Waals surface area contributed by atoms with Crippen LogP contribution in [-0.2, 0) is 4.79 Å². The Kier molecular flexibility index (Phi) is 3.81. The van der Waals surface area contributed by atoms with E-state index in [1.807, 2.05) is 20.8 Å². The second-order valence-corrected chi connectivity index (χ2v) is 3.39. The lowest BCUT2D eigenvalue weighted by molar-refractivity contribution is -0.108. The molecule has 0 aliphatic carbocycles. The van der Waals surface area contributed by atoms with Crippen LogP contribution in [0.15, 0.2) is 0 Å². The van der Waals surface area contributed by atoms with Gasteiger partial charge in [0, 0.05) is 6.42 Å². The molecule has 0 fully saturated rings. The summed E-state index contributed by atoms with van der Waals surface area (Å²) in [4.78, 5) is 10.1. The number of nitriles is 1. The number of hydrogen-bond donors (Lipinski definition) is 0. The van der Waals surface area contributed by atoms with Gasteiger partial charge in [0.1, 0.15) is 6.29 Å². The Morgan fingerprint density at radius 2 is 2.18 bits per heavy atom. The highest BCUT2D eigenvalue weighted by Gasteiger charge is 2.27. The molecule has 0 aromatic rings. The van der Waals surface area contributed by atoms with Crippen LogP contribution >= 0.6 is 0 Å². The Labute approximate surface area is 68.2 Å². The van der Waals surface area contributed by atoms with E-state index in [4.69, 9.17) is 5.26 Å². The maximum absolute atomic E-state index is 10.1. The first-order valence-corrected chi connectivity index (χ1v) is 3.91. The van der Waals surface area contributed by atoms with Gasteiger partial charge in [-0.3, -0.25) is 0 Å². The number of aldehydes is 1. The van der Waals surface area contributed by atoms with Crippen molar-refractivity contribution >= 4 is 6.29 Å². The average Bonchev–Trinajstić information content (AvgIpc) is 2.00. The normalized spacial score (nSPS) is 15.5. The van der Waals surface area contributed by atoms with Crippen molar-refractivity contribution in [2.24, 2.45) is 11.3 Å². The second kappa shape index (κ2) is 4.12. The van der Waals surface area contributed by atoms with Gasteiger partial charge in [-0.05, 0) is 19.3 Å². The Balaban J connectivity index is 4.13. The van der Waals surface area contributed by atoms with Gasteiger partial charge in [0.2, 0.25) is 0 Å². The lowest BCUT2D eigenvalue weighted by Crippen LogP contribution is -2.21. The van der Waals surface area contributed by atoms with Gasteiger partial charge in [-0.15, -0.1) is 0 Å². The molecular weight excluding hydrogens is 138 g/mol. The van der Waals surface area contributed by atoms with Gasteiger partial charge >= 0.3 is 0 Å². The monoisotopic (exact) mass is 153 g/mol. The topological polar surface area (TPSA) is 40.9 Å². The van der Waals surface area contributed by atoms with Crippen LogP contribution in [-0.4, -0.2) is 6.29 Å². The average molecular weight is 153 g/mol. The quantitative estimate of drug-likeness (QED) is 0.580. The van der Waals surface area contributed by atoms with E-state index in [9.17, 15) is 4.79 Å². The molecule has 0 bridgehead atoms. The lowest BCUT2D eigenvalue weighted by Gasteiger charge is -2.24. The van der Waals surface area contributed by atoms with Crippen LogP contribution in [0.5, 0.6) is 0 Å². The zero-order valence-electron chi connectivity index (χ0n) is 7.42. The fraction of sp³-hybridized carbons (Fsp3) is 0.778. The molecule has 0 aromatic carbocycles. The Morgan fingerprint density at radius 3 is 2.45 bits per heavy atom. The first kappa shape index (κ1) is 10.2. The molecule has 0 aliphatic rings. The summed E-state index contributed by atoms with van der Waals surface area (Å²) in [5, 5.41) is 8.82. The molecule has 0 saturated heterocycles. The maximum atomic E-state index is 10.1. The Bertz CT molecular complexity index is 169. The molecule has 0 aromatic heterocycles. The third kappa shape index (κ3) is 2.71. The van der Waals surface area contributed by atoms with Crippen molar-refractivity contribution in [2.45, 2.75) is 33.6 Å². The van der Waals surface area contributed by atoms with Crippen molar-refractivity contribution in [2.75, 3.05) is 0 Å². The third-order valence-corrected chi connectivity index (χ3v) is 2.31. The van der Waals surface area contributed by atoms with Crippen molar-refractivity contribution < 1.29 is 4.79 Å².